The maximum atomic E-state index is 13.2. The lowest BCUT2D eigenvalue weighted by molar-refractivity contribution is 0.0935. The normalized spacial score (nSPS) is 13.2. The molecule has 0 fully saturated rings. The Morgan fingerprint density at radius 2 is 0.561 bits per heavy atom. The van der Waals surface area contributed by atoms with Gasteiger partial charge in [-0.1, -0.05) is 0 Å². The van der Waals surface area contributed by atoms with Gasteiger partial charge in [0.15, 0.2) is 23.0 Å². The van der Waals surface area contributed by atoms with E-state index in [9.17, 15) is 118 Å². The number of hydrogen-bond donors (Lipinski definition) is 14. The first-order chi connectivity index (χ1) is 37.7. The third-order valence-corrected chi connectivity index (χ3v) is 17.1. The maximum Gasteiger partial charge on any atom is 0.294 e. The van der Waals surface area contributed by atoms with E-state index in [1.807, 2.05) is 0 Å². The summed E-state index contributed by atoms with van der Waals surface area (Å²) in [6, 6.07) is 7.51. The summed E-state index contributed by atoms with van der Waals surface area (Å²) in [5.74, 6) is -9.89. The quantitative estimate of drug-likeness (QED) is 0.0372. The summed E-state index contributed by atoms with van der Waals surface area (Å²) < 4.78 is 223. The Labute approximate surface area is 464 Å². The lowest BCUT2D eigenvalue weighted by atomic mass is 9.91. The van der Waals surface area contributed by atoms with Crippen LogP contribution in [0.3, 0.4) is 0 Å². The number of ether oxygens (including phenoxy) is 2. The predicted octanol–water partition coefficient (Wildman–Crippen LogP) is 1.69. The molecule has 2 amide bonds. The zero-order valence-corrected chi connectivity index (χ0v) is 45.8. The zero-order valence-electron chi connectivity index (χ0n) is 40.9. The molecule has 0 spiro atoms. The molecule has 0 radical (unpaired) electrons. The first-order valence-corrected chi connectivity index (χ1v) is 31.2. The number of carbonyl (C=O) groups is 2. The average Bonchev–Trinajstić information content (AvgIpc) is 3.47. The van der Waals surface area contributed by atoms with Crippen molar-refractivity contribution in [2.45, 2.75) is 55.1 Å². The van der Waals surface area contributed by atoms with Gasteiger partial charge >= 0.3 is 0 Å². The average molecular weight is 1260 g/mol. The largest absolute Gasteiger partial charge is 0.507 e. The molecule has 0 saturated carbocycles. The van der Waals surface area contributed by atoms with Gasteiger partial charge in [0.1, 0.15) is 36.2 Å². The minimum absolute atomic E-state index is 0.428. The monoisotopic (exact) mass is 1260 g/mol. The fourth-order valence-electron chi connectivity index (χ4n) is 8.41. The van der Waals surface area contributed by atoms with Crippen LogP contribution in [0.25, 0.3) is 0 Å². The number of hydrogen-bond acceptors (Lipinski definition) is 22. The fraction of sp³-hybridized carbons (Fsp3) is 0.174. The molecule has 6 aromatic rings. The summed E-state index contributed by atoms with van der Waals surface area (Å²) in [5, 5.41) is 69.2. The molecule has 7 rings (SSSR count). The third-order valence-electron chi connectivity index (χ3n) is 12.1. The van der Waals surface area contributed by atoms with Crippen LogP contribution in [0.5, 0.6) is 46.0 Å². The Kier molecular flexibility index (Phi) is 16.9. The highest BCUT2D eigenvalue weighted by Crippen LogP contribution is 2.42. The Balaban J connectivity index is 1.41. The number of nitrogens with one attached hydrogen (secondary N) is 2. The van der Waals surface area contributed by atoms with Crippen LogP contribution in [-0.2, 0) is 86.4 Å². The molecule has 0 saturated heterocycles. The van der Waals surface area contributed by atoms with Gasteiger partial charge in [-0.25, -0.2) is 0 Å². The first-order valence-electron chi connectivity index (χ1n) is 22.5. The van der Waals surface area contributed by atoms with Crippen LogP contribution < -0.4 is 20.1 Å². The van der Waals surface area contributed by atoms with Crippen molar-refractivity contribution in [3.63, 3.8) is 0 Å². The summed E-state index contributed by atoms with van der Waals surface area (Å²) in [4.78, 5) is 20.4. The third kappa shape index (κ3) is 13.9. The van der Waals surface area contributed by atoms with Crippen molar-refractivity contribution in [3.8, 4) is 46.0 Å². The number of benzene rings is 6. The van der Waals surface area contributed by atoms with E-state index in [0.29, 0.717) is 48.5 Å². The van der Waals surface area contributed by atoms with E-state index in [2.05, 4.69) is 10.6 Å². The van der Waals surface area contributed by atoms with Gasteiger partial charge in [0.2, 0.25) is 0 Å². The second-order valence-electron chi connectivity index (χ2n) is 17.8. The highest BCUT2D eigenvalue weighted by atomic mass is 32.2. The van der Waals surface area contributed by atoms with Gasteiger partial charge in [-0.15, -0.1) is 0 Å². The fourth-order valence-corrected chi connectivity index (χ4v) is 11.8. The minimum Gasteiger partial charge on any atom is -0.507 e. The number of amides is 2. The van der Waals surface area contributed by atoms with Crippen molar-refractivity contribution >= 4 is 72.5 Å². The van der Waals surface area contributed by atoms with E-state index in [-0.39, 0.29) is 0 Å². The summed E-state index contributed by atoms with van der Waals surface area (Å²) in [5.41, 5.74) is -5.63. The Bertz CT molecular complexity index is 4020. The molecule has 0 heterocycles. The van der Waals surface area contributed by atoms with Gasteiger partial charge in [0.25, 0.3) is 72.5 Å². The molecule has 0 unspecified atom stereocenters. The van der Waals surface area contributed by atoms with Crippen LogP contribution in [0.4, 0.5) is 0 Å². The maximum absolute atomic E-state index is 13.2. The van der Waals surface area contributed by atoms with Gasteiger partial charge < -0.3 is 50.7 Å². The van der Waals surface area contributed by atoms with E-state index >= 15 is 0 Å². The summed E-state index contributed by atoms with van der Waals surface area (Å²) >= 11 is 0. The SMILES string of the molecule is O=C(NCCOc1c2cc(S(=O)(=O)O)cc1Cc1cc(S(=O)(=O)O)cc(c1O)Cc1cc(S(=O)(=O)O)cc(c1OCCNC(=O)c1cc(S(=O)(=O)O)cc(O)c1O)Cc1cc(S(=O)(=O)O)cc(c1O)C2)c1cc(S(=O)(=O)O)cc(O)c1O. The van der Waals surface area contributed by atoms with Crippen molar-refractivity contribution < 1.29 is 128 Å². The molecule has 8 bridgehead atoms. The van der Waals surface area contributed by atoms with Crippen LogP contribution in [0, 0.1) is 0 Å². The second kappa shape index (κ2) is 22.5. The summed E-state index contributed by atoms with van der Waals surface area (Å²) in [6.07, 6.45) is -3.56. The molecule has 0 atom stereocenters. The van der Waals surface area contributed by atoms with Gasteiger partial charge in [0.05, 0.1) is 53.6 Å². The van der Waals surface area contributed by atoms with Crippen LogP contribution >= 0.6 is 0 Å². The van der Waals surface area contributed by atoms with Crippen LogP contribution in [0.15, 0.2) is 102 Å². The second-order valence-corrected chi connectivity index (χ2v) is 26.3. The Hall–Kier alpha value is -7.88. The molecule has 30 nitrogen and oxygen atoms in total. The van der Waals surface area contributed by atoms with Crippen molar-refractivity contribution in [3.05, 3.63) is 128 Å². The molecule has 6 aromatic carbocycles. The predicted molar refractivity (Wildman–Crippen MR) is 274 cm³/mol. The lowest BCUT2D eigenvalue weighted by Crippen LogP contribution is -2.28. The molecule has 82 heavy (non-hydrogen) atoms. The van der Waals surface area contributed by atoms with Crippen LogP contribution in [0.1, 0.15) is 65.2 Å². The molecule has 1 aliphatic rings. The van der Waals surface area contributed by atoms with Gasteiger partial charge in [-0.2, -0.15) is 50.5 Å². The number of phenols is 6. The smallest absolute Gasteiger partial charge is 0.294 e. The van der Waals surface area contributed by atoms with Crippen molar-refractivity contribution in [2.24, 2.45) is 0 Å². The van der Waals surface area contributed by atoms with Crippen molar-refractivity contribution in [1.82, 2.24) is 10.6 Å². The Morgan fingerprint density at radius 3 is 0.793 bits per heavy atom. The van der Waals surface area contributed by atoms with E-state index in [0.717, 1.165) is 24.3 Å². The number of aromatic hydroxyl groups is 6. The van der Waals surface area contributed by atoms with Crippen molar-refractivity contribution in [1.29, 1.82) is 0 Å². The molecular formula is C46H42N2O28S6. The molecular weight excluding hydrogens is 1220 g/mol. The van der Waals surface area contributed by atoms with Gasteiger partial charge in [-0.3, -0.25) is 36.9 Å². The highest BCUT2D eigenvalue weighted by Gasteiger charge is 2.30. The highest BCUT2D eigenvalue weighted by molar-refractivity contribution is 7.87. The number of phenolic OH excluding ortho intramolecular Hbond substituents is 6. The van der Waals surface area contributed by atoms with E-state index in [4.69, 9.17) is 9.47 Å². The van der Waals surface area contributed by atoms with E-state index < -0.39 is 256 Å². The lowest BCUT2D eigenvalue weighted by Gasteiger charge is -2.22. The van der Waals surface area contributed by atoms with Gasteiger partial charge in [0, 0.05) is 82.3 Å². The van der Waals surface area contributed by atoms with E-state index in [1.54, 1.807) is 0 Å². The van der Waals surface area contributed by atoms with Crippen molar-refractivity contribution in [2.75, 3.05) is 26.3 Å². The molecule has 1 aliphatic carbocycles. The molecule has 0 aromatic heterocycles. The van der Waals surface area contributed by atoms with Gasteiger partial charge in [-0.05, 0) is 60.7 Å². The number of carbonyl (C=O) groups excluding carboxylic acids is 2. The molecule has 14 N–H and O–H groups in total. The topological polar surface area (TPSA) is 524 Å². The van der Waals surface area contributed by atoms with Crippen LogP contribution in [-0.4, -0.2) is 147 Å². The molecule has 0 aliphatic heterocycles. The Morgan fingerprint density at radius 1 is 0.341 bits per heavy atom. The first kappa shape index (κ1) is 61.7. The minimum atomic E-state index is -5.32. The zero-order chi connectivity index (χ0) is 61.0. The summed E-state index contributed by atoms with van der Waals surface area (Å²) in [6.45, 7) is -2.74. The molecule has 440 valence electrons. The molecule has 36 heteroatoms. The van der Waals surface area contributed by atoms with Crippen LogP contribution in [0.2, 0.25) is 0 Å². The number of fused-ring (bicyclic) bond motifs is 8. The summed E-state index contributed by atoms with van der Waals surface area (Å²) in [7, 11) is -31.4. The standard InChI is InChI=1S/C46H42N2O28S6/c49-37-19-33(81(69,70)71)17-35(41(37)53)45(55)47-1-3-75-43-25-5-21-9-29(77(57,58)59)11-23(39(21)51)7-27-15-32(80(66,67)68)16-28(44(27)76-4-2-48-46(56)36-18-34(82(72,73)74)20-38(50)42(36)54)8-24-12-30(78(60,61)62)10-22(40(24)52)6-26(43)14-31(13-25)79(63,64)65/h9-20,49-54H,1-8H2,(H,47,55)(H,48,56)(H,57,58,59)(H,60,61,62)(H,63,64,65)(H,66,67,68)(H,69,70,71)(H,72,73,74). The van der Waals surface area contributed by atoms with E-state index in [1.165, 1.54) is 0 Å². The number of rotatable bonds is 16.